The smallest absolute Gasteiger partial charge is 0.253 e. The fourth-order valence-corrected chi connectivity index (χ4v) is 4.78. The summed E-state index contributed by atoms with van der Waals surface area (Å²) in [7, 11) is 2.22. The molecule has 0 fully saturated rings. The fourth-order valence-electron chi connectivity index (χ4n) is 2.17. The molecule has 0 aliphatic heterocycles. The van der Waals surface area contributed by atoms with Crippen molar-refractivity contribution in [2.45, 2.75) is 11.4 Å². The first kappa shape index (κ1) is 19.9. The standard InChI is InChI=1S/C16H19BrN2O4S2/c1-18(2)25(21,22)14-9-11(5-7-13(14)23-4)16(20)19(3)10-12-6-8-15(17)24-12/h5-9H,10H2,1-4H3. The van der Waals surface area contributed by atoms with Crippen LogP contribution in [0.15, 0.2) is 39.0 Å². The first-order valence-electron chi connectivity index (χ1n) is 7.27. The van der Waals surface area contributed by atoms with Gasteiger partial charge >= 0.3 is 0 Å². The Morgan fingerprint density at radius 3 is 2.40 bits per heavy atom. The third kappa shape index (κ3) is 4.41. The lowest BCUT2D eigenvalue weighted by Crippen LogP contribution is -2.27. The Labute approximate surface area is 160 Å². The highest BCUT2D eigenvalue weighted by molar-refractivity contribution is 9.11. The van der Waals surface area contributed by atoms with E-state index in [-0.39, 0.29) is 16.6 Å². The van der Waals surface area contributed by atoms with Crippen LogP contribution < -0.4 is 4.74 Å². The molecule has 25 heavy (non-hydrogen) atoms. The molecule has 1 aromatic heterocycles. The number of hydrogen-bond donors (Lipinski definition) is 0. The van der Waals surface area contributed by atoms with E-state index in [0.29, 0.717) is 12.1 Å². The molecule has 0 aliphatic rings. The van der Waals surface area contributed by atoms with Crippen molar-refractivity contribution in [3.05, 3.63) is 44.6 Å². The van der Waals surface area contributed by atoms with E-state index in [2.05, 4.69) is 15.9 Å². The first-order valence-corrected chi connectivity index (χ1v) is 10.3. The summed E-state index contributed by atoms with van der Waals surface area (Å²) in [6.45, 7) is 0.441. The van der Waals surface area contributed by atoms with Gasteiger partial charge in [-0.1, -0.05) is 0 Å². The molecule has 1 aromatic carbocycles. The Hall–Kier alpha value is -1.42. The zero-order chi connectivity index (χ0) is 18.8. The minimum Gasteiger partial charge on any atom is -0.495 e. The van der Waals surface area contributed by atoms with E-state index in [0.717, 1.165) is 13.0 Å². The maximum absolute atomic E-state index is 12.7. The van der Waals surface area contributed by atoms with Gasteiger partial charge in [0.15, 0.2) is 0 Å². The summed E-state index contributed by atoms with van der Waals surface area (Å²) < 4.78 is 32.2. The highest BCUT2D eigenvalue weighted by atomic mass is 79.9. The average Bonchev–Trinajstić information content (AvgIpc) is 2.98. The molecule has 0 aliphatic carbocycles. The molecule has 2 rings (SSSR count). The van der Waals surface area contributed by atoms with Gasteiger partial charge in [0, 0.05) is 31.6 Å². The monoisotopic (exact) mass is 446 g/mol. The molecule has 0 atom stereocenters. The van der Waals surface area contributed by atoms with Crippen molar-refractivity contribution in [3.63, 3.8) is 0 Å². The number of methoxy groups -OCH3 is 1. The third-order valence-electron chi connectivity index (χ3n) is 3.54. The topological polar surface area (TPSA) is 66.9 Å². The van der Waals surface area contributed by atoms with Crippen LogP contribution >= 0.6 is 27.3 Å². The van der Waals surface area contributed by atoms with Gasteiger partial charge in [0.1, 0.15) is 10.6 Å². The third-order valence-corrected chi connectivity index (χ3v) is 6.98. The molecule has 0 bridgehead atoms. The van der Waals surface area contributed by atoms with Crippen molar-refractivity contribution in [2.24, 2.45) is 0 Å². The fraction of sp³-hybridized carbons (Fsp3) is 0.312. The van der Waals surface area contributed by atoms with Crippen LogP contribution in [-0.4, -0.2) is 51.8 Å². The quantitative estimate of drug-likeness (QED) is 0.683. The van der Waals surface area contributed by atoms with Crippen LogP contribution in [0.25, 0.3) is 0 Å². The van der Waals surface area contributed by atoms with Crippen LogP contribution in [-0.2, 0) is 16.6 Å². The largest absolute Gasteiger partial charge is 0.495 e. The van der Waals surface area contributed by atoms with Gasteiger partial charge in [0.05, 0.1) is 17.4 Å². The molecule has 0 spiro atoms. The second-order valence-electron chi connectivity index (χ2n) is 5.52. The van der Waals surface area contributed by atoms with E-state index in [4.69, 9.17) is 4.74 Å². The number of amides is 1. The molecule has 0 saturated carbocycles. The zero-order valence-corrected chi connectivity index (χ0v) is 17.5. The highest BCUT2D eigenvalue weighted by Crippen LogP contribution is 2.28. The predicted octanol–water partition coefficient (Wildman–Crippen LogP) is 3.04. The first-order chi connectivity index (χ1) is 11.7. The summed E-state index contributed by atoms with van der Waals surface area (Å²) in [4.78, 5) is 15.2. The number of carbonyl (C=O) groups excluding carboxylic acids is 1. The molecule has 0 saturated heterocycles. The SMILES string of the molecule is COc1ccc(C(=O)N(C)Cc2ccc(Br)s2)cc1S(=O)(=O)N(C)C. The molecule has 9 heteroatoms. The van der Waals surface area contributed by atoms with Crippen LogP contribution in [0.5, 0.6) is 5.75 Å². The second-order valence-corrected chi connectivity index (χ2v) is 10.2. The van der Waals surface area contributed by atoms with E-state index >= 15 is 0 Å². The lowest BCUT2D eigenvalue weighted by atomic mass is 10.2. The molecular weight excluding hydrogens is 428 g/mol. The minimum absolute atomic E-state index is 0.0295. The van der Waals surface area contributed by atoms with E-state index in [1.165, 1.54) is 33.3 Å². The lowest BCUT2D eigenvalue weighted by Gasteiger charge is -2.19. The number of nitrogens with zero attached hydrogens (tertiary/aromatic N) is 2. The lowest BCUT2D eigenvalue weighted by molar-refractivity contribution is 0.0786. The molecule has 6 nitrogen and oxygen atoms in total. The van der Waals surface area contributed by atoms with E-state index in [9.17, 15) is 13.2 Å². The molecule has 2 aromatic rings. The number of carbonyl (C=O) groups is 1. The van der Waals surface area contributed by atoms with Gasteiger partial charge in [-0.25, -0.2) is 12.7 Å². The van der Waals surface area contributed by atoms with Gasteiger partial charge in [0.2, 0.25) is 10.0 Å². The summed E-state index contributed by atoms with van der Waals surface area (Å²) in [6, 6.07) is 8.29. The van der Waals surface area contributed by atoms with Gasteiger partial charge in [-0.3, -0.25) is 4.79 Å². The maximum atomic E-state index is 12.7. The number of rotatable bonds is 6. The second kappa shape index (κ2) is 7.86. The summed E-state index contributed by atoms with van der Waals surface area (Å²) in [5.41, 5.74) is 0.291. The predicted molar refractivity (Wildman–Crippen MR) is 102 cm³/mol. The highest BCUT2D eigenvalue weighted by Gasteiger charge is 2.24. The summed E-state index contributed by atoms with van der Waals surface area (Å²) in [6.07, 6.45) is 0. The number of ether oxygens (including phenoxy) is 1. The van der Waals surface area contributed by atoms with E-state index in [1.807, 2.05) is 12.1 Å². The molecular formula is C16H19BrN2O4S2. The van der Waals surface area contributed by atoms with Crippen molar-refractivity contribution in [1.29, 1.82) is 0 Å². The van der Waals surface area contributed by atoms with Gasteiger partial charge in [-0.05, 0) is 46.3 Å². The van der Waals surface area contributed by atoms with Crippen LogP contribution in [0.1, 0.15) is 15.2 Å². The normalized spacial score (nSPS) is 11.6. The Kier molecular flexibility index (Phi) is 6.26. The Bertz CT molecular complexity index is 878. The van der Waals surface area contributed by atoms with Crippen LogP contribution in [0.3, 0.4) is 0 Å². The molecule has 0 unspecified atom stereocenters. The minimum atomic E-state index is -3.72. The Morgan fingerprint density at radius 1 is 1.20 bits per heavy atom. The number of benzene rings is 1. The van der Waals surface area contributed by atoms with Gasteiger partial charge in [-0.15, -0.1) is 11.3 Å². The number of sulfonamides is 1. The van der Waals surface area contributed by atoms with Gasteiger partial charge in [-0.2, -0.15) is 0 Å². The van der Waals surface area contributed by atoms with Crippen LogP contribution in [0.2, 0.25) is 0 Å². The average molecular weight is 447 g/mol. The number of thiophene rings is 1. The maximum Gasteiger partial charge on any atom is 0.253 e. The van der Waals surface area contributed by atoms with Crippen molar-refractivity contribution in [3.8, 4) is 5.75 Å². The summed E-state index contributed by atoms with van der Waals surface area (Å²) in [5, 5.41) is 0. The molecule has 0 N–H and O–H groups in total. The summed E-state index contributed by atoms with van der Waals surface area (Å²) in [5.74, 6) is -0.0579. The molecule has 136 valence electrons. The van der Waals surface area contributed by atoms with Gasteiger partial charge < -0.3 is 9.64 Å². The van der Waals surface area contributed by atoms with Crippen molar-refractivity contribution in [2.75, 3.05) is 28.3 Å². The zero-order valence-electron chi connectivity index (χ0n) is 14.3. The molecule has 1 amide bonds. The van der Waals surface area contributed by atoms with Gasteiger partial charge in [0.25, 0.3) is 5.91 Å². The van der Waals surface area contributed by atoms with Crippen molar-refractivity contribution in [1.82, 2.24) is 9.21 Å². The van der Waals surface area contributed by atoms with E-state index in [1.54, 1.807) is 29.4 Å². The Balaban J connectivity index is 2.34. The van der Waals surface area contributed by atoms with Crippen molar-refractivity contribution >= 4 is 43.2 Å². The number of halogens is 1. The van der Waals surface area contributed by atoms with E-state index < -0.39 is 10.0 Å². The van der Waals surface area contributed by atoms with Crippen LogP contribution in [0, 0.1) is 0 Å². The Morgan fingerprint density at radius 2 is 1.88 bits per heavy atom. The molecule has 0 radical (unpaired) electrons. The van der Waals surface area contributed by atoms with Crippen molar-refractivity contribution < 1.29 is 17.9 Å². The number of hydrogen-bond acceptors (Lipinski definition) is 5. The van der Waals surface area contributed by atoms with Crippen LogP contribution in [0.4, 0.5) is 0 Å². The summed E-state index contributed by atoms with van der Waals surface area (Å²) >= 11 is 4.94. The molecule has 1 heterocycles.